The van der Waals surface area contributed by atoms with E-state index in [0.717, 1.165) is 0 Å². The highest BCUT2D eigenvalue weighted by Crippen LogP contribution is 2.22. The molecule has 0 aromatic heterocycles. The molecule has 0 aliphatic carbocycles. The molecule has 0 fully saturated rings. The molecule has 1 aromatic rings. The minimum absolute atomic E-state index is 0.0918. The number of benzene rings is 1. The largest absolute Gasteiger partial charge is 0.397 e. The number of primary sulfonamides is 1. The summed E-state index contributed by atoms with van der Waals surface area (Å²) in [6.07, 6.45) is 0. The Bertz CT molecular complexity index is 541. The second-order valence-electron chi connectivity index (χ2n) is 3.56. The predicted molar refractivity (Wildman–Crippen MR) is 64.5 cm³/mol. The van der Waals surface area contributed by atoms with Crippen molar-refractivity contribution >= 4 is 27.3 Å². The highest BCUT2D eigenvalue weighted by molar-refractivity contribution is 7.89. The van der Waals surface area contributed by atoms with Crippen LogP contribution in [-0.4, -0.2) is 20.4 Å². The number of nitrogens with two attached hydrogens (primary N) is 3. The van der Waals surface area contributed by atoms with E-state index in [4.69, 9.17) is 16.6 Å². The van der Waals surface area contributed by atoms with Gasteiger partial charge in [0.1, 0.15) is 6.04 Å². The quantitative estimate of drug-likeness (QED) is 0.523. The third-order valence-corrected chi connectivity index (χ3v) is 3.06. The van der Waals surface area contributed by atoms with Crippen LogP contribution in [0.5, 0.6) is 0 Å². The highest BCUT2D eigenvalue weighted by atomic mass is 32.2. The van der Waals surface area contributed by atoms with Crippen LogP contribution in [0.4, 0.5) is 11.4 Å². The van der Waals surface area contributed by atoms with Gasteiger partial charge in [0.2, 0.25) is 15.9 Å². The summed E-state index contributed by atoms with van der Waals surface area (Å²) in [7, 11) is -3.81. The number of hydrogen-bond acceptors (Lipinski definition) is 5. The number of nitrogen functional groups attached to an aromatic ring is 1. The first kappa shape index (κ1) is 13.3. The zero-order valence-corrected chi connectivity index (χ0v) is 9.99. The molecule has 94 valence electrons. The number of sulfonamides is 1. The van der Waals surface area contributed by atoms with E-state index in [1.54, 1.807) is 0 Å². The summed E-state index contributed by atoms with van der Waals surface area (Å²) in [4.78, 5) is 10.8. The topological polar surface area (TPSA) is 141 Å². The van der Waals surface area contributed by atoms with E-state index in [0.29, 0.717) is 11.4 Å². The van der Waals surface area contributed by atoms with Crippen molar-refractivity contribution < 1.29 is 13.2 Å². The lowest BCUT2D eigenvalue weighted by Crippen LogP contribution is -2.32. The molecule has 1 aromatic carbocycles. The maximum absolute atomic E-state index is 11.1. The minimum Gasteiger partial charge on any atom is -0.397 e. The Kier molecular flexibility index (Phi) is 3.59. The molecule has 1 amide bonds. The molecule has 0 radical (unpaired) electrons. The maximum atomic E-state index is 11.1. The zero-order chi connectivity index (χ0) is 13.2. The molecule has 0 aliphatic heterocycles. The molecule has 0 saturated heterocycles. The van der Waals surface area contributed by atoms with Crippen molar-refractivity contribution in [1.29, 1.82) is 0 Å². The molecule has 7 N–H and O–H groups in total. The molecule has 1 atom stereocenters. The van der Waals surface area contributed by atoms with Crippen LogP contribution in [0, 0.1) is 0 Å². The van der Waals surface area contributed by atoms with Gasteiger partial charge >= 0.3 is 0 Å². The van der Waals surface area contributed by atoms with Crippen LogP contribution in [0.3, 0.4) is 0 Å². The number of amides is 1. The van der Waals surface area contributed by atoms with E-state index in [9.17, 15) is 13.2 Å². The van der Waals surface area contributed by atoms with Crippen LogP contribution in [-0.2, 0) is 14.8 Å². The van der Waals surface area contributed by atoms with E-state index in [1.165, 1.54) is 25.1 Å². The SMILES string of the molecule is CC(Nc1cc(S(N)(=O)=O)ccc1N)C(N)=O. The predicted octanol–water partition coefficient (Wildman–Crippen LogP) is -0.798. The molecule has 1 rings (SSSR count). The summed E-state index contributed by atoms with van der Waals surface area (Å²) >= 11 is 0. The minimum atomic E-state index is -3.81. The summed E-state index contributed by atoms with van der Waals surface area (Å²) in [6, 6.07) is 3.25. The van der Waals surface area contributed by atoms with Crippen LogP contribution in [0.25, 0.3) is 0 Å². The van der Waals surface area contributed by atoms with E-state index in [2.05, 4.69) is 5.32 Å². The van der Waals surface area contributed by atoms with Gasteiger partial charge in [-0.3, -0.25) is 4.79 Å². The van der Waals surface area contributed by atoms with Gasteiger partial charge in [0, 0.05) is 0 Å². The molecule has 0 bridgehead atoms. The Balaban J connectivity index is 3.12. The van der Waals surface area contributed by atoms with Crippen LogP contribution >= 0.6 is 0 Å². The number of primary amides is 1. The fraction of sp³-hybridized carbons (Fsp3) is 0.222. The number of hydrogen-bond donors (Lipinski definition) is 4. The summed E-state index contributed by atoms with van der Waals surface area (Å²) < 4.78 is 22.3. The number of rotatable bonds is 4. The van der Waals surface area contributed by atoms with E-state index < -0.39 is 22.0 Å². The Morgan fingerprint density at radius 3 is 2.47 bits per heavy atom. The van der Waals surface area contributed by atoms with E-state index >= 15 is 0 Å². The summed E-state index contributed by atoms with van der Waals surface area (Å²) in [5.74, 6) is -0.578. The van der Waals surface area contributed by atoms with Crippen LogP contribution in [0.15, 0.2) is 23.1 Å². The summed E-state index contributed by atoms with van der Waals surface area (Å²) in [5, 5.41) is 7.68. The van der Waals surface area contributed by atoms with E-state index in [1.807, 2.05) is 0 Å². The third-order valence-electron chi connectivity index (χ3n) is 2.15. The van der Waals surface area contributed by atoms with Gasteiger partial charge in [-0.15, -0.1) is 0 Å². The average Bonchev–Trinajstić information content (AvgIpc) is 2.19. The molecular weight excluding hydrogens is 244 g/mol. The normalized spacial score (nSPS) is 13.1. The Hall–Kier alpha value is -1.80. The number of nitrogens with one attached hydrogen (secondary N) is 1. The lowest BCUT2D eigenvalue weighted by Gasteiger charge is -2.14. The molecule has 1 unspecified atom stereocenters. The lowest BCUT2D eigenvalue weighted by atomic mass is 10.2. The van der Waals surface area contributed by atoms with Gasteiger partial charge in [0.15, 0.2) is 0 Å². The summed E-state index contributed by atoms with van der Waals surface area (Å²) in [5.41, 5.74) is 11.3. The van der Waals surface area contributed by atoms with Gasteiger partial charge in [-0.2, -0.15) is 0 Å². The molecule has 8 heteroatoms. The van der Waals surface area contributed by atoms with Crippen molar-refractivity contribution in [2.24, 2.45) is 10.9 Å². The monoisotopic (exact) mass is 258 g/mol. The van der Waals surface area contributed by atoms with Gasteiger partial charge in [-0.1, -0.05) is 0 Å². The molecular formula is C9H14N4O3S. The van der Waals surface area contributed by atoms with Crippen molar-refractivity contribution in [3.63, 3.8) is 0 Å². The average molecular weight is 258 g/mol. The van der Waals surface area contributed by atoms with Crippen LogP contribution < -0.4 is 21.9 Å². The van der Waals surface area contributed by atoms with Crippen LogP contribution in [0.2, 0.25) is 0 Å². The summed E-state index contributed by atoms with van der Waals surface area (Å²) in [6.45, 7) is 1.53. The first-order valence-corrected chi connectivity index (χ1v) is 6.24. The highest BCUT2D eigenvalue weighted by Gasteiger charge is 2.13. The van der Waals surface area contributed by atoms with E-state index in [-0.39, 0.29) is 4.90 Å². The standard InChI is InChI=1S/C9H14N4O3S/c1-5(9(11)14)13-8-4-6(17(12,15)16)2-3-7(8)10/h2-5,13H,10H2,1H3,(H2,11,14)(H2,12,15,16). The first-order valence-electron chi connectivity index (χ1n) is 4.70. The van der Waals surface area contributed by atoms with Crippen LogP contribution in [0.1, 0.15) is 6.92 Å². The third kappa shape index (κ3) is 3.33. The number of anilines is 2. The second-order valence-corrected chi connectivity index (χ2v) is 5.12. The van der Waals surface area contributed by atoms with Crippen molar-refractivity contribution in [1.82, 2.24) is 0 Å². The molecule has 0 aliphatic rings. The van der Waals surface area contributed by atoms with Gasteiger partial charge < -0.3 is 16.8 Å². The smallest absolute Gasteiger partial charge is 0.239 e. The Labute approximate surface area is 99.0 Å². The molecule has 0 heterocycles. The van der Waals surface area contributed by atoms with Crippen molar-refractivity contribution in [3.8, 4) is 0 Å². The zero-order valence-electron chi connectivity index (χ0n) is 9.17. The molecule has 7 nitrogen and oxygen atoms in total. The van der Waals surface area contributed by atoms with Crippen molar-refractivity contribution in [2.45, 2.75) is 17.9 Å². The van der Waals surface area contributed by atoms with Crippen molar-refractivity contribution in [2.75, 3.05) is 11.1 Å². The Morgan fingerprint density at radius 1 is 1.41 bits per heavy atom. The van der Waals surface area contributed by atoms with Gasteiger partial charge in [-0.25, -0.2) is 13.6 Å². The molecule has 0 spiro atoms. The first-order chi connectivity index (χ1) is 7.71. The lowest BCUT2D eigenvalue weighted by molar-refractivity contribution is -0.118. The number of carbonyl (C=O) groups excluding carboxylic acids is 1. The van der Waals surface area contributed by atoms with Gasteiger partial charge in [-0.05, 0) is 25.1 Å². The fourth-order valence-corrected chi connectivity index (χ4v) is 1.68. The van der Waals surface area contributed by atoms with Gasteiger partial charge in [0.05, 0.1) is 16.3 Å². The molecule has 0 saturated carbocycles. The molecule has 17 heavy (non-hydrogen) atoms. The number of carbonyl (C=O) groups is 1. The Morgan fingerprint density at radius 2 is 2.00 bits per heavy atom. The maximum Gasteiger partial charge on any atom is 0.239 e. The second kappa shape index (κ2) is 4.60. The van der Waals surface area contributed by atoms with Crippen molar-refractivity contribution in [3.05, 3.63) is 18.2 Å². The van der Waals surface area contributed by atoms with Gasteiger partial charge in [0.25, 0.3) is 0 Å². The fourth-order valence-electron chi connectivity index (χ4n) is 1.14.